The Balaban J connectivity index is 1.38. The van der Waals surface area contributed by atoms with Gasteiger partial charge in [0, 0.05) is 45.8 Å². The maximum atomic E-state index is 12.5. The Bertz CT molecular complexity index is 636. The Kier molecular flexibility index (Phi) is 6.27. The van der Waals surface area contributed by atoms with E-state index in [4.69, 9.17) is 0 Å². The van der Waals surface area contributed by atoms with Gasteiger partial charge in [-0.25, -0.2) is 0 Å². The van der Waals surface area contributed by atoms with Crippen molar-refractivity contribution in [1.82, 2.24) is 20.0 Å². The van der Waals surface area contributed by atoms with E-state index in [1.165, 1.54) is 11.1 Å². The summed E-state index contributed by atoms with van der Waals surface area (Å²) >= 11 is 0. The SMILES string of the molecule is Cc1ccccc1CN(C)C(=O)CN1CCN(CC(=O)NC2CC2)CC1. The van der Waals surface area contributed by atoms with Crippen LogP contribution in [0.5, 0.6) is 0 Å². The van der Waals surface area contributed by atoms with Crippen LogP contribution in [-0.2, 0) is 16.1 Å². The molecule has 0 unspecified atom stereocenters. The Morgan fingerprint density at radius 1 is 1.08 bits per heavy atom. The number of nitrogens with zero attached hydrogens (tertiary/aromatic N) is 3. The summed E-state index contributed by atoms with van der Waals surface area (Å²) in [4.78, 5) is 30.6. The quantitative estimate of drug-likeness (QED) is 0.785. The van der Waals surface area contributed by atoms with Gasteiger partial charge in [-0.2, -0.15) is 0 Å². The molecule has 26 heavy (non-hydrogen) atoms. The molecule has 1 N–H and O–H groups in total. The maximum absolute atomic E-state index is 12.5. The van der Waals surface area contributed by atoms with Gasteiger partial charge >= 0.3 is 0 Å². The highest BCUT2D eigenvalue weighted by molar-refractivity contribution is 5.79. The molecule has 2 aliphatic rings. The lowest BCUT2D eigenvalue weighted by Crippen LogP contribution is -2.51. The first kappa shape index (κ1) is 18.9. The number of benzene rings is 1. The first-order chi connectivity index (χ1) is 12.5. The third-order valence-corrected chi connectivity index (χ3v) is 5.23. The summed E-state index contributed by atoms with van der Waals surface area (Å²) in [6.07, 6.45) is 2.25. The summed E-state index contributed by atoms with van der Waals surface area (Å²) in [7, 11) is 1.87. The fourth-order valence-electron chi connectivity index (χ4n) is 3.25. The van der Waals surface area contributed by atoms with E-state index in [1.807, 2.05) is 19.2 Å². The minimum absolute atomic E-state index is 0.134. The number of hydrogen-bond acceptors (Lipinski definition) is 4. The average Bonchev–Trinajstić information content (AvgIpc) is 3.42. The molecule has 3 rings (SSSR count). The van der Waals surface area contributed by atoms with Gasteiger partial charge in [0.15, 0.2) is 0 Å². The van der Waals surface area contributed by atoms with Gasteiger partial charge in [-0.05, 0) is 30.9 Å². The van der Waals surface area contributed by atoms with Gasteiger partial charge in [-0.3, -0.25) is 19.4 Å². The molecule has 6 nitrogen and oxygen atoms in total. The molecule has 0 bridgehead atoms. The zero-order valence-corrected chi connectivity index (χ0v) is 15.9. The predicted molar refractivity (Wildman–Crippen MR) is 102 cm³/mol. The zero-order valence-electron chi connectivity index (χ0n) is 15.9. The van der Waals surface area contributed by atoms with Gasteiger partial charge in [-0.15, -0.1) is 0 Å². The lowest BCUT2D eigenvalue weighted by Gasteiger charge is -2.34. The number of carbonyl (C=O) groups excluding carboxylic acids is 2. The lowest BCUT2D eigenvalue weighted by atomic mass is 10.1. The molecule has 0 radical (unpaired) electrons. The molecule has 142 valence electrons. The number of piperazine rings is 1. The van der Waals surface area contributed by atoms with Crippen LogP contribution >= 0.6 is 0 Å². The maximum Gasteiger partial charge on any atom is 0.236 e. The normalized spacial score (nSPS) is 18.5. The fourth-order valence-corrected chi connectivity index (χ4v) is 3.25. The summed E-state index contributed by atoms with van der Waals surface area (Å²) < 4.78 is 0. The van der Waals surface area contributed by atoms with Crippen LogP contribution < -0.4 is 5.32 Å². The molecule has 1 saturated heterocycles. The van der Waals surface area contributed by atoms with E-state index in [0.717, 1.165) is 39.0 Å². The number of hydrogen-bond donors (Lipinski definition) is 1. The second kappa shape index (κ2) is 8.64. The highest BCUT2D eigenvalue weighted by Crippen LogP contribution is 2.18. The van der Waals surface area contributed by atoms with Crippen molar-refractivity contribution in [3.63, 3.8) is 0 Å². The van der Waals surface area contributed by atoms with Gasteiger partial charge in [0.05, 0.1) is 13.1 Å². The molecular formula is C20H30N4O2. The van der Waals surface area contributed by atoms with E-state index >= 15 is 0 Å². The summed E-state index contributed by atoms with van der Waals surface area (Å²) in [5.41, 5.74) is 2.40. The summed E-state index contributed by atoms with van der Waals surface area (Å²) in [5.74, 6) is 0.281. The van der Waals surface area contributed by atoms with Crippen LogP contribution in [0.4, 0.5) is 0 Å². The largest absolute Gasteiger partial charge is 0.352 e. The molecule has 1 aliphatic carbocycles. The Morgan fingerprint density at radius 2 is 1.69 bits per heavy atom. The van der Waals surface area contributed by atoms with Crippen molar-refractivity contribution >= 4 is 11.8 Å². The Morgan fingerprint density at radius 3 is 2.31 bits per heavy atom. The highest BCUT2D eigenvalue weighted by Gasteiger charge is 2.26. The van der Waals surface area contributed by atoms with Crippen LogP contribution in [0.25, 0.3) is 0 Å². The first-order valence-corrected chi connectivity index (χ1v) is 9.54. The highest BCUT2D eigenvalue weighted by atomic mass is 16.2. The predicted octanol–water partition coefficient (Wildman–Crippen LogP) is 0.850. The molecule has 0 spiro atoms. The standard InChI is InChI=1S/C20H30N4O2/c1-16-5-3-4-6-17(16)13-22(2)20(26)15-24-11-9-23(10-12-24)14-19(25)21-18-7-8-18/h3-6,18H,7-15H2,1-2H3,(H,21,25). The van der Waals surface area contributed by atoms with Crippen molar-refractivity contribution in [3.8, 4) is 0 Å². The van der Waals surface area contributed by atoms with Crippen molar-refractivity contribution in [1.29, 1.82) is 0 Å². The van der Waals surface area contributed by atoms with E-state index in [2.05, 4.69) is 34.2 Å². The van der Waals surface area contributed by atoms with Crippen LogP contribution in [0, 0.1) is 6.92 Å². The molecule has 0 atom stereocenters. The van der Waals surface area contributed by atoms with Crippen molar-refractivity contribution in [2.45, 2.75) is 32.4 Å². The monoisotopic (exact) mass is 358 g/mol. The molecule has 1 aliphatic heterocycles. The molecule has 1 aromatic carbocycles. The van der Waals surface area contributed by atoms with Crippen LogP contribution in [-0.4, -0.2) is 78.9 Å². The third-order valence-electron chi connectivity index (χ3n) is 5.23. The number of rotatable bonds is 7. The molecule has 6 heteroatoms. The Labute approximate surface area is 156 Å². The zero-order chi connectivity index (χ0) is 18.5. The van der Waals surface area contributed by atoms with Gasteiger partial charge in [0.2, 0.25) is 11.8 Å². The number of aryl methyl sites for hydroxylation is 1. The van der Waals surface area contributed by atoms with Crippen LogP contribution in [0.1, 0.15) is 24.0 Å². The number of nitrogens with one attached hydrogen (secondary N) is 1. The molecule has 2 amide bonds. The molecular weight excluding hydrogens is 328 g/mol. The smallest absolute Gasteiger partial charge is 0.236 e. The molecule has 1 heterocycles. The summed E-state index contributed by atoms with van der Waals surface area (Å²) in [6.45, 7) is 7.00. The Hall–Kier alpha value is -1.92. The van der Waals surface area contributed by atoms with Crippen molar-refractivity contribution < 1.29 is 9.59 Å². The van der Waals surface area contributed by atoms with Gasteiger partial charge < -0.3 is 10.2 Å². The van der Waals surface area contributed by atoms with E-state index in [0.29, 0.717) is 25.7 Å². The molecule has 2 fully saturated rings. The van der Waals surface area contributed by atoms with E-state index < -0.39 is 0 Å². The van der Waals surface area contributed by atoms with Crippen molar-refractivity contribution in [2.75, 3.05) is 46.3 Å². The average molecular weight is 358 g/mol. The topological polar surface area (TPSA) is 55.9 Å². The molecule has 0 aromatic heterocycles. The lowest BCUT2D eigenvalue weighted by molar-refractivity contribution is -0.132. The minimum Gasteiger partial charge on any atom is -0.352 e. The molecule has 1 saturated carbocycles. The summed E-state index contributed by atoms with van der Waals surface area (Å²) in [6, 6.07) is 8.60. The van der Waals surface area contributed by atoms with Crippen LogP contribution in [0.2, 0.25) is 0 Å². The van der Waals surface area contributed by atoms with Gasteiger partial charge in [-0.1, -0.05) is 24.3 Å². The second-order valence-corrected chi connectivity index (χ2v) is 7.57. The second-order valence-electron chi connectivity index (χ2n) is 7.57. The van der Waals surface area contributed by atoms with Crippen LogP contribution in [0.3, 0.4) is 0 Å². The fraction of sp³-hybridized carbons (Fsp3) is 0.600. The molecule has 1 aromatic rings. The number of likely N-dealkylation sites (N-methyl/N-ethyl adjacent to an activating group) is 1. The van der Waals surface area contributed by atoms with Gasteiger partial charge in [0.25, 0.3) is 0 Å². The van der Waals surface area contributed by atoms with E-state index in [-0.39, 0.29) is 11.8 Å². The van der Waals surface area contributed by atoms with Crippen molar-refractivity contribution in [3.05, 3.63) is 35.4 Å². The minimum atomic E-state index is 0.134. The third kappa shape index (κ3) is 5.54. The summed E-state index contributed by atoms with van der Waals surface area (Å²) in [5, 5.41) is 3.03. The number of carbonyl (C=O) groups is 2. The van der Waals surface area contributed by atoms with Crippen molar-refractivity contribution in [2.24, 2.45) is 0 Å². The first-order valence-electron chi connectivity index (χ1n) is 9.54. The van der Waals surface area contributed by atoms with Crippen LogP contribution in [0.15, 0.2) is 24.3 Å². The van der Waals surface area contributed by atoms with E-state index in [1.54, 1.807) is 4.90 Å². The number of amides is 2. The van der Waals surface area contributed by atoms with Gasteiger partial charge in [0.1, 0.15) is 0 Å². The van der Waals surface area contributed by atoms with E-state index in [9.17, 15) is 9.59 Å².